The molecule has 0 atom stereocenters. The number of rotatable bonds is 9. The van der Waals surface area contributed by atoms with Gasteiger partial charge in [0.15, 0.2) is 0 Å². The Morgan fingerprint density at radius 3 is 1.51 bits per heavy atom. The Hall–Kier alpha value is -8.95. The van der Waals surface area contributed by atoms with Crippen LogP contribution in [0, 0.1) is 0 Å². The fourth-order valence-corrected chi connectivity index (χ4v) is 13.0. The quantitative estimate of drug-likeness (QED) is 0.142. The SMILES string of the molecule is c1ccc(-c2ccc(-c3ccc(N(c4cccc(-c5ccc6c(c5)-c5cccc7cccc(c57)S6)c4)c4ccc5c(c4)C(c4ccccc4)(c4ccccc4)c4ccccc4-5)cc3)cc2-c2ccccc2)cc1. The van der Waals surface area contributed by atoms with Crippen LogP contribution in [0.5, 0.6) is 0 Å². The van der Waals surface area contributed by atoms with Crippen molar-refractivity contribution >= 4 is 39.6 Å². The second-order valence-corrected chi connectivity index (χ2v) is 20.2. The normalized spacial score (nSPS) is 12.7. The standard InChI is InChI=1S/C71H47NS/c1-5-18-49(19-6-1)60-41-36-53(45-64(60)50-20-7-2-8-21-50)48-34-38-57(39-35-48)72(58-29-15-24-52(44-58)54-37-43-68-65(46-54)63-31-16-22-51-23-17-33-69(73-68)70(51)63)59-40-42-62-61-30-13-14-32-66(61)71(67(62)47-59,55-25-9-3-10-26-55)56-27-11-4-12-28-56/h1-47H. The molecule has 14 rings (SSSR count). The molecule has 0 unspecified atom stereocenters. The van der Waals surface area contributed by atoms with Crippen LogP contribution in [0.3, 0.4) is 0 Å². The van der Waals surface area contributed by atoms with Gasteiger partial charge in [0.25, 0.3) is 0 Å². The van der Waals surface area contributed by atoms with Crippen LogP contribution in [-0.4, -0.2) is 0 Å². The predicted octanol–water partition coefficient (Wildman–Crippen LogP) is 19.5. The minimum atomic E-state index is -0.535. The largest absolute Gasteiger partial charge is 0.310 e. The first kappa shape index (κ1) is 42.9. The molecule has 1 heterocycles. The summed E-state index contributed by atoms with van der Waals surface area (Å²) in [6.07, 6.45) is 0. The minimum absolute atomic E-state index is 0.535. The van der Waals surface area contributed by atoms with Crippen LogP contribution in [-0.2, 0) is 5.41 Å². The van der Waals surface area contributed by atoms with E-state index in [9.17, 15) is 0 Å². The summed E-state index contributed by atoms with van der Waals surface area (Å²) in [6.45, 7) is 0. The lowest BCUT2D eigenvalue weighted by atomic mass is 9.67. The molecule has 73 heavy (non-hydrogen) atoms. The monoisotopic (exact) mass is 945 g/mol. The molecule has 2 heteroatoms. The molecule has 0 radical (unpaired) electrons. The van der Waals surface area contributed by atoms with Crippen molar-refractivity contribution in [2.75, 3.05) is 4.90 Å². The summed E-state index contributed by atoms with van der Waals surface area (Å²) in [4.78, 5) is 5.06. The lowest BCUT2D eigenvalue weighted by Gasteiger charge is -2.35. The van der Waals surface area contributed by atoms with Gasteiger partial charge in [0, 0.05) is 32.2 Å². The third-order valence-electron chi connectivity index (χ3n) is 15.1. The van der Waals surface area contributed by atoms with Gasteiger partial charge in [-0.05, 0) is 155 Å². The molecule has 0 aromatic heterocycles. The van der Waals surface area contributed by atoms with Crippen LogP contribution >= 0.6 is 11.8 Å². The fourth-order valence-electron chi connectivity index (χ4n) is 11.8. The molecule has 12 aromatic rings. The Balaban J connectivity index is 0.936. The first-order valence-electron chi connectivity index (χ1n) is 25.1. The van der Waals surface area contributed by atoms with Crippen molar-refractivity contribution in [3.63, 3.8) is 0 Å². The van der Waals surface area contributed by atoms with Crippen LogP contribution < -0.4 is 4.90 Å². The number of nitrogens with zero attached hydrogens (tertiary/aromatic N) is 1. The molecule has 0 amide bonds. The molecule has 1 aliphatic carbocycles. The van der Waals surface area contributed by atoms with Crippen molar-refractivity contribution in [1.29, 1.82) is 0 Å². The van der Waals surface area contributed by atoms with E-state index < -0.39 is 5.41 Å². The summed E-state index contributed by atoms with van der Waals surface area (Å²) < 4.78 is 0. The number of fused-ring (bicyclic) bond motifs is 5. The second-order valence-electron chi connectivity index (χ2n) is 19.2. The van der Waals surface area contributed by atoms with Gasteiger partial charge in [0.05, 0.1) is 5.41 Å². The highest BCUT2D eigenvalue weighted by molar-refractivity contribution is 7.99. The molecule has 342 valence electrons. The molecule has 1 aliphatic heterocycles. The van der Waals surface area contributed by atoms with E-state index in [4.69, 9.17) is 0 Å². The first-order chi connectivity index (χ1) is 36.2. The fraction of sp³-hybridized carbons (Fsp3) is 0.0141. The maximum Gasteiger partial charge on any atom is 0.0714 e. The molecule has 0 saturated carbocycles. The molecule has 1 nitrogen and oxygen atoms in total. The summed E-state index contributed by atoms with van der Waals surface area (Å²) in [5.74, 6) is 0. The second kappa shape index (κ2) is 17.7. The zero-order valence-corrected chi connectivity index (χ0v) is 40.8. The van der Waals surface area contributed by atoms with E-state index in [0.717, 1.165) is 22.6 Å². The molecule has 0 bridgehead atoms. The van der Waals surface area contributed by atoms with E-state index in [2.05, 4.69) is 290 Å². The minimum Gasteiger partial charge on any atom is -0.310 e. The van der Waals surface area contributed by atoms with Crippen molar-refractivity contribution in [3.8, 4) is 66.8 Å². The number of hydrogen-bond donors (Lipinski definition) is 0. The highest BCUT2D eigenvalue weighted by Gasteiger charge is 2.46. The van der Waals surface area contributed by atoms with E-state index in [0.29, 0.717) is 0 Å². The van der Waals surface area contributed by atoms with Gasteiger partial charge < -0.3 is 4.90 Å². The number of anilines is 3. The Bertz CT molecular complexity index is 3990. The highest BCUT2D eigenvalue weighted by Crippen LogP contribution is 2.57. The van der Waals surface area contributed by atoms with Crippen molar-refractivity contribution in [3.05, 3.63) is 307 Å². The molecule has 12 aromatic carbocycles. The predicted molar refractivity (Wildman–Crippen MR) is 307 cm³/mol. The van der Waals surface area contributed by atoms with E-state index >= 15 is 0 Å². The topological polar surface area (TPSA) is 3.24 Å². The van der Waals surface area contributed by atoms with Gasteiger partial charge in [0.1, 0.15) is 0 Å². The van der Waals surface area contributed by atoms with E-state index in [-0.39, 0.29) is 0 Å². The molecule has 2 aliphatic rings. The molecule has 0 saturated heterocycles. The lowest BCUT2D eigenvalue weighted by Crippen LogP contribution is -2.28. The Kier molecular flexibility index (Phi) is 10.4. The van der Waals surface area contributed by atoms with E-state index in [1.807, 2.05) is 11.8 Å². The van der Waals surface area contributed by atoms with Crippen molar-refractivity contribution < 1.29 is 0 Å². The molecular formula is C71H47NS. The van der Waals surface area contributed by atoms with Crippen LogP contribution in [0.25, 0.3) is 77.5 Å². The number of benzene rings is 12. The molecule has 0 spiro atoms. The summed E-state index contributed by atoms with van der Waals surface area (Å²) >= 11 is 1.87. The maximum absolute atomic E-state index is 2.47. The zero-order valence-electron chi connectivity index (χ0n) is 40.0. The Morgan fingerprint density at radius 2 is 0.767 bits per heavy atom. The van der Waals surface area contributed by atoms with Crippen LogP contribution in [0.2, 0.25) is 0 Å². The zero-order chi connectivity index (χ0) is 48.3. The van der Waals surface area contributed by atoms with Crippen molar-refractivity contribution in [1.82, 2.24) is 0 Å². The first-order valence-corrected chi connectivity index (χ1v) is 26.0. The van der Waals surface area contributed by atoms with E-state index in [1.54, 1.807) is 0 Å². The van der Waals surface area contributed by atoms with Gasteiger partial charge >= 0.3 is 0 Å². The highest BCUT2D eigenvalue weighted by atomic mass is 32.2. The number of hydrogen-bond acceptors (Lipinski definition) is 2. The Morgan fingerprint density at radius 1 is 0.260 bits per heavy atom. The van der Waals surface area contributed by atoms with Gasteiger partial charge in [-0.1, -0.05) is 236 Å². The van der Waals surface area contributed by atoms with Gasteiger partial charge in [-0.15, -0.1) is 0 Å². The summed E-state index contributed by atoms with van der Waals surface area (Å²) in [5, 5.41) is 2.62. The van der Waals surface area contributed by atoms with Gasteiger partial charge in [0.2, 0.25) is 0 Å². The third kappa shape index (κ3) is 7.17. The average molecular weight is 946 g/mol. The molecular weight excluding hydrogens is 899 g/mol. The Labute approximate surface area is 431 Å². The smallest absolute Gasteiger partial charge is 0.0714 e. The van der Waals surface area contributed by atoms with Gasteiger partial charge in [-0.3, -0.25) is 0 Å². The molecule has 0 fully saturated rings. The van der Waals surface area contributed by atoms with Crippen LogP contribution in [0.4, 0.5) is 17.1 Å². The molecule has 0 N–H and O–H groups in total. The van der Waals surface area contributed by atoms with Gasteiger partial charge in [-0.25, -0.2) is 0 Å². The van der Waals surface area contributed by atoms with Gasteiger partial charge in [-0.2, -0.15) is 0 Å². The summed E-state index contributed by atoms with van der Waals surface area (Å²) in [7, 11) is 0. The van der Waals surface area contributed by atoms with Crippen LogP contribution in [0.15, 0.2) is 295 Å². The third-order valence-corrected chi connectivity index (χ3v) is 16.3. The average Bonchev–Trinajstić information content (AvgIpc) is 3.77. The van der Waals surface area contributed by atoms with E-state index in [1.165, 1.54) is 104 Å². The van der Waals surface area contributed by atoms with Crippen molar-refractivity contribution in [2.24, 2.45) is 0 Å². The maximum atomic E-state index is 2.47. The summed E-state index contributed by atoms with van der Waals surface area (Å²) in [5.41, 5.74) is 22.4. The van der Waals surface area contributed by atoms with Crippen molar-refractivity contribution in [2.45, 2.75) is 15.2 Å². The van der Waals surface area contributed by atoms with Crippen LogP contribution in [0.1, 0.15) is 22.3 Å². The lowest BCUT2D eigenvalue weighted by molar-refractivity contribution is 0.768. The summed E-state index contributed by atoms with van der Waals surface area (Å²) in [6, 6.07) is 105.